The first-order valence-electron chi connectivity index (χ1n) is 10.1. The number of nitrogen functional groups attached to an aromatic ring is 1. The zero-order chi connectivity index (χ0) is 21.0. The van der Waals surface area contributed by atoms with E-state index in [2.05, 4.69) is 16.5 Å². The Morgan fingerprint density at radius 3 is 2.59 bits per heavy atom. The van der Waals surface area contributed by atoms with E-state index in [9.17, 15) is 10.0 Å². The Labute approximate surface area is 171 Å². The van der Waals surface area contributed by atoms with E-state index in [4.69, 9.17) is 10.7 Å². The van der Waals surface area contributed by atoms with E-state index in [0.717, 1.165) is 59.0 Å². The monoisotopic (exact) mass is 395 g/mol. The van der Waals surface area contributed by atoms with Crippen LogP contribution < -0.4 is 5.73 Å². The highest BCUT2D eigenvalue weighted by atomic mass is 16.5. The van der Waals surface area contributed by atoms with Gasteiger partial charge in [0.25, 0.3) is 5.91 Å². The van der Waals surface area contributed by atoms with Crippen LogP contribution in [0, 0.1) is 13.8 Å². The first-order chi connectivity index (χ1) is 13.9. The fraction of sp³-hybridized carbons (Fsp3) is 0.409. The molecule has 3 aromatic rings. The number of nitrogens with zero attached hydrogens (tertiary/aromatic N) is 4. The number of unbranched alkanes of at least 4 members (excludes halogenated alkanes) is 1. The lowest BCUT2D eigenvalue weighted by molar-refractivity contribution is -0.0589. The van der Waals surface area contributed by atoms with Gasteiger partial charge in [-0.05, 0) is 50.8 Å². The molecule has 0 unspecified atom stereocenters. The van der Waals surface area contributed by atoms with Crippen LogP contribution in [0.25, 0.3) is 11.0 Å². The SMILES string of the molecule is CCCc1nc2c(N)nc(C)c(C)c2n1CCCCN(O)C(=O)c1ccccc1. The average molecular weight is 396 g/mol. The number of amides is 1. The van der Waals surface area contributed by atoms with Crippen LogP contribution in [0.5, 0.6) is 0 Å². The maximum atomic E-state index is 12.2. The molecule has 3 N–H and O–H groups in total. The molecule has 0 fully saturated rings. The minimum atomic E-state index is -0.379. The molecule has 0 atom stereocenters. The number of hydrogen-bond acceptors (Lipinski definition) is 5. The highest BCUT2D eigenvalue weighted by Crippen LogP contribution is 2.27. The molecule has 0 aliphatic rings. The van der Waals surface area contributed by atoms with Gasteiger partial charge >= 0.3 is 0 Å². The van der Waals surface area contributed by atoms with E-state index < -0.39 is 0 Å². The number of benzene rings is 1. The van der Waals surface area contributed by atoms with Gasteiger partial charge in [-0.25, -0.2) is 15.0 Å². The molecule has 7 heteroatoms. The van der Waals surface area contributed by atoms with Crippen LogP contribution in [0.15, 0.2) is 30.3 Å². The summed E-state index contributed by atoms with van der Waals surface area (Å²) < 4.78 is 2.22. The largest absolute Gasteiger partial charge is 0.382 e. The lowest BCUT2D eigenvalue weighted by Gasteiger charge is -2.16. The van der Waals surface area contributed by atoms with Gasteiger partial charge in [-0.2, -0.15) is 0 Å². The number of hydroxylamine groups is 2. The predicted molar refractivity (Wildman–Crippen MR) is 114 cm³/mol. The molecular weight excluding hydrogens is 366 g/mol. The Morgan fingerprint density at radius 2 is 1.90 bits per heavy atom. The molecule has 0 saturated carbocycles. The van der Waals surface area contributed by atoms with E-state index in [-0.39, 0.29) is 12.5 Å². The lowest BCUT2D eigenvalue weighted by Crippen LogP contribution is -2.28. The first kappa shape index (κ1) is 20.8. The van der Waals surface area contributed by atoms with Gasteiger partial charge in [-0.15, -0.1) is 0 Å². The van der Waals surface area contributed by atoms with Crippen molar-refractivity contribution in [2.45, 2.75) is 53.0 Å². The van der Waals surface area contributed by atoms with Crippen molar-refractivity contribution in [3.05, 3.63) is 53.0 Å². The summed E-state index contributed by atoms with van der Waals surface area (Å²) in [5.74, 6) is 1.09. The van der Waals surface area contributed by atoms with Gasteiger partial charge in [0, 0.05) is 30.8 Å². The van der Waals surface area contributed by atoms with Gasteiger partial charge in [0.2, 0.25) is 0 Å². The van der Waals surface area contributed by atoms with Crippen LogP contribution in [0.4, 0.5) is 5.82 Å². The summed E-state index contributed by atoms with van der Waals surface area (Å²) in [5.41, 5.74) is 10.4. The number of carbonyl (C=O) groups is 1. The van der Waals surface area contributed by atoms with Crippen molar-refractivity contribution in [1.82, 2.24) is 19.6 Å². The topological polar surface area (TPSA) is 97.3 Å². The first-order valence-corrected chi connectivity index (χ1v) is 10.1. The van der Waals surface area contributed by atoms with E-state index in [1.54, 1.807) is 24.3 Å². The van der Waals surface area contributed by atoms with Crippen molar-refractivity contribution in [2.24, 2.45) is 0 Å². The van der Waals surface area contributed by atoms with Gasteiger partial charge in [-0.3, -0.25) is 10.0 Å². The third-order valence-corrected chi connectivity index (χ3v) is 5.21. The van der Waals surface area contributed by atoms with Crippen LogP contribution in [0.3, 0.4) is 0 Å². The number of anilines is 1. The van der Waals surface area contributed by atoms with Crippen molar-refractivity contribution >= 4 is 22.8 Å². The summed E-state index contributed by atoms with van der Waals surface area (Å²) in [5, 5.41) is 10.9. The minimum absolute atomic E-state index is 0.283. The Morgan fingerprint density at radius 1 is 1.17 bits per heavy atom. The predicted octanol–water partition coefficient (Wildman–Crippen LogP) is 3.89. The van der Waals surface area contributed by atoms with Crippen molar-refractivity contribution in [1.29, 1.82) is 0 Å². The third kappa shape index (κ3) is 4.40. The molecule has 3 rings (SSSR count). The second-order valence-corrected chi connectivity index (χ2v) is 7.34. The molecule has 154 valence electrons. The summed E-state index contributed by atoms with van der Waals surface area (Å²) in [7, 11) is 0. The molecule has 2 aromatic heterocycles. The number of fused-ring (bicyclic) bond motifs is 1. The summed E-state index contributed by atoms with van der Waals surface area (Å²) in [4.78, 5) is 21.4. The van der Waals surface area contributed by atoms with Crippen LogP contribution in [-0.4, -0.2) is 37.3 Å². The Balaban J connectivity index is 1.70. The molecule has 2 heterocycles. The van der Waals surface area contributed by atoms with Crippen molar-refractivity contribution < 1.29 is 10.0 Å². The molecule has 0 spiro atoms. The number of imidazole rings is 1. The molecule has 0 aliphatic heterocycles. The molecule has 0 saturated heterocycles. The Hall–Kier alpha value is -2.93. The number of hydrogen-bond donors (Lipinski definition) is 2. The zero-order valence-corrected chi connectivity index (χ0v) is 17.4. The minimum Gasteiger partial charge on any atom is -0.382 e. The standard InChI is InChI=1S/C22H29N5O2/c1-4-10-18-25-19-20(15(2)16(3)24-21(19)23)26(18)13-8-9-14-27(29)22(28)17-11-6-5-7-12-17/h5-7,11-12,29H,4,8-10,13-14H2,1-3H3,(H2,23,24). The van der Waals surface area contributed by atoms with E-state index >= 15 is 0 Å². The second-order valence-electron chi connectivity index (χ2n) is 7.34. The molecule has 0 aliphatic carbocycles. The summed E-state index contributed by atoms with van der Waals surface area (Å²) in [6.07, 6.45) is 3.34. The Bertz CT molecular complexity index is 998. The second kappa shape index (κ2) is 9.05. The number of aryl methyl sites for hydroxylation is 4. The maximum Gasteiger partial charge on any atom is 0.277 e. The molecule has 0 bridgehead atoms. The van der Waals surface area contributed by atoms with Crippen LogP contribution >= 0.6 is 0 Å². The van der Waals surface area contributed by atoms with Crippen LogP contribution in [0.1, 0.15) is 53.6 Å². The molecular formula is C22H29N5O2. The molecule has 7 nitrogen and oxygen atoms in total. The summed E-state index contributed by atoms with van der Waals surface area (Å²) in [6, 6.07) is 8.80. The van der Waals surface area contributed by atoms with Gasteiger partial charge in [0.15, 0.2) is 5.82 Å². The summed E-state index contributed by atoms with van der Waals surface area (Å²) >= 11 is 0. The third-order valence-electron chi connectivity index (χ3n) is 5.21. The Kier molecular flexibility index (Phi) is 6.49. The highest BCUT2D eigenvalue weighted by Gasteiger charge is 2.17. The normalized spacial score (nSPS) is 11.2. The molecule has 1 amide bonds. The highest BCUT2D eigenvalue weighted by molar-refractivity contribution is 5.93. The summed E-state index contributed by atoms with van der Waals surface area (Å²) in [6.45, 7) is 7.17. The van der Waals surface area contributed by atoms with E-state index in [0.29, 0.717) is 17.8 Å². The van der Waals surface area contributed by atoms with Crippen LogP contribution in [-0.2, 0) is 13.0 Å². The van der Waals surface area contributed by atoms with Crippen molar-refractivity contribution in [3.63, 3.8) is 0 Å². The zero-order valence-electron chi connectivity index (χ0n) is 17.4. The number of aromatic nitrogens is 3. The number of pyridine rings is 1. The van der Waals surface area contributed by atoms with Crippen molar-refractivity contribution in [2.75, 3.05) is 12.3 Å². The quantitative estimate of drug-likeness (QED) is 0.342. The van der Waals surface area contributed by atoms with E-state index in [1.165, 1.54) is 0 Å². The maximum absolute atomic E-state index is 12.2. The average Bonchev–Trinajstić information content (AvgIpc) is 3.08. The lowest BCUT2D eigenvalue weighted by atomic mass is 10.2. The number of carbonyl (C=O) groups excluding carboxylic acids is 1. The van der Waals surface area contributed by atoms with Gasteiger partial charge in [-0.1, -0.05) is 25.1 Å². The van der Waals surface area contributed by atoms with Crippen molar-refractivity contribution in [3.8, 4) is 0 Å². The fourth-order valence-electron chi connectivity index (χ4n) is 3.56. The molecule has 29 heavy (non-hydrogen) atoms. The smallest absolute Gasteiger partial charge is 0.277 e. The van der Waals surface area contributed by atoms with Gasteiger partial charge in [0.1, 0.15) is 11.3 Å². The van der Waals surface area contributed by atoms with Crippen LogP contribution in [0.2, 0.25) is 0 Å². The molecule has 0 radical (unpaired) electrons. The number of nitrogens with two attached hydrogens (primary N) is 1. The number of rotatable bonds is 8. The molecule has 1 aromatic carbocycles. The van der Waals surface area contributed by atoms with Gasteiger partial charge in [0.05, 0.1) is 5.52 Å². The fourth-order valence-corrected chi connectivity index (χ4v) is 3.56. The van der Waals surface area contributed by atoms with E-state index in [1.807, 2.05) is 19.9 Å². The van der Waals surface area contributed by atoms with Gasteiger partial charge < -0.3 is 10.3 Å².